The van der Waals surface area contributed by atoms with Crippen LogP contribution in [0.1, 0.15) is 18.9 Å². The molecule has 3 aromatic rings. The van der Waals surface area contributed by atoms with Gasteiger partial charge < -0.3 is 5.32 Å². The third kappa shape index (κ3) is 6.92. The molecule has 0 aliphatic rings. The maximum absolute atomic E-state index is 12.9. The van der Waals surface area contributed by atoms with Crippen LogP contribution >= 0.6 is 34.7 Å². The predicted molar refractivity (Wildman–Crippen MR) is 140 cm³/mol. The second kappa shape index (κ2) is 11.7. The van der Waals surface area contributed by atoms with Crippen LogP contribution in [0.5, 0.6) is 0 Å². The molecule has 0 unspecified atom stereocenters. The van der Waals surface area contributed by atoms with E-state index in [4.69, 9.17) is 11.6 Å². The molecule has 11 heteroatoms. The summed E-state index contributed by atoms with van der Waals surface area (Å²) in [6.07, 6.45) is 0.572. The summed E-state index contributed by atoms with van der Waals surface area (Å²) in [4.78, 5) is 25.7. The number of thiophene rings is 1. The number of rotatable bonds is 8. The summed E-state index contributed by atoms with van der Waals surface area (Å²) < 4.78 is 30.1. The zero-order chi connectivity index (χ0) is 24.7. The summed E-state index contributed by atoms with van der Waals surface area (Å²) in [7, 11) is -4.13. The fraction of sp³-hybridized carbons (Fsp3) is 0.174. The number of benzene rings is 2. The molecule has 0 fully saturated rings. The number of nitrogens with one attached hydrogen (secondary N) is 1. The molecule has 1 atom stereocenters. The minimum Gasteiger partial charge on any atom is -0.326 e. The van der Waals surface area contributed by atoms with Crippen molar-refractivity contribution in [1.29, 1.82) is 0 Å². The number of sulfonamides is 1. The van der Waals surface area contributed by atoms with E-state index in [0.717, 1.165) is 33.6 Å². The average molecular weight is 536 g/mol. The summed E-state index contributed by atoms with van der Waals surface area (Å²) >= 11 is 7.79. The van der Waals surface area contributed by atoms with E-state index in [0.29, 0.717) is 22.1 Å². The van der Waals surface area contributed by atoms with Gasteiger partial charge in [0.25, 0.3) is 10.0 Å². The molecule has 3 rings (SSSR count). The van der Waals surface area contributed by atoms with Crippen LogP contribution in [-0.4, -0.2) is 31.2 Å². The highest BCUT2D eigenvalue weighted by molar-refractivity contribution is 8.15. The number of carbonyl (C=O) groups is 2. The van der Waals surface area contributed by atoms with Crippen LogP contribution in [0.25, 0.3) is 0 Å². The summed E-state index contributed by atoms with van der Waals surface area (Å²) in [6, 6.07) is 18.8. The van der Waals surface area contributed by atoms with Gasteiger partial charge in [0.15, 0.2) is 5.17 Å². The van der Waals surface area contributed by atoms with Crippen molar-refractivity contribution in [3.05, 3.63) is 76.6 Å². The Labute approximate surface area is 211 Å². The molecule has 0 saturated carbocycles. The number of aryl methyl sites for hydroxylation is 1. The number of para-hydroxylation sites is 2. The zero-order valence-corrected chi connectivity index (χ0v) is 21.5. The molecule has 178 valence electrons. The smallest absolute Gasteiger partial charge is 0.294 e. The lowest BCUT2D eigenvalue weighted by molar-refractivity contribution is -0.116. The fourth-order valence-electron chi connectivity index (χ4n) is 2.91. The molecule has 1 N–H and O–H groups in total. The van der Waals surface area contributed by atoms with Gasteiger partial charge in [-0.2, -0.15) is 8.42 Å². The third-order valence-electron chi connectivity index (χ3n) is 4.55. The molecule has 2 amide bonds. The first-order chi connectivity index (χ1) is 16.2. The van der Waals surface area contributed by atoms with E-state index in [-0.39, 0.29) is 21.7 Å². The van der Waals surface area contributed by atoms with Crippen molar-refractivity contribution in [2.24, 2.45) is 4.40 Å². The van der Waals surface area contributed by atoms with Crippen LogP contribution in [0.15, 0.2) is 75.3 Å². The zero-order valence-electron chi connectivity index (χ0n) is 18.3. The molecule has 1 heterocycles. The van der Waals surface area contributed by atoms with Crippen molar-refractivity contribution in [3.8, 4) is 0 Å². The average Bonchev–Trinajstić information content (AvgIpc) is 3.23. The second-order valence-corrected chi connectivity index (χ2v) is 12.2. The summed E-state index contributed by atoms with van der Waals surface area (Å²) in [5.74, 6) is -0.237. The standard InChI is InChI=1S/C23H22ClN3O4S3/c1-16-8-6-7-11-19(16)25-21(29)14-17(2)32-23(27(15-28)18-9-4-3-5-10-18)26-34(30,31)22-13-12-20(24)33-22/h3-13,15,17H,14H2,1-2H3,(H,25,29)/t17-/m0/s1. The first-order valence-corrected chi connectivity index (χ1v) is 13.6. The molecule has 34 heavy (non-hydrogen) atoms. The number of halogens is 1. The second-order valence-electron chi connectivity index (χ2n) is 7.21. The Morgan fingerprint density at radius 1 is 1.15 bits per heavy atom. The van der Waals surface area contributed by atoms with Crippen molar-refractivity contribution >= 4 is 73.6 Å². The van der Waals surface area contributed by atoms with E-state index >= 15 is 0 Å². The lowest BCUT2D eigenvalue weighted by Crippen LogP contribution is -2.30. The van der Waals surface area contributed by atoms with Crippen LogP contribution in [-0.2, 0) is 19.6 Å². The molecule has 0 bridgehead atoms. The SMILES string of the molecule is Cc1ccccc1NC(=O)C[C@H](C)SC(=NS(=O)(=O)c1ccc(Cl)s1)N(C=O)c1ccccc1. The number of nitrogens with zero attached hydrogens (tertiary/aromatic N) is 2. The van der Waals surface area contributed by atoms with Gasteiger partial charge in [-0.25, -0.2) is 0 Å². The molecule has 0 aliphatic heterocycles. The van der Waals surface area contributed by atoms with Gasteiger partial charge in [0.1, 0.15) is 4.21 Å². The van der Waals surface area contributed by atoms with Crippen LogP contribution in [0.4, 0.5) is 11.4 Å². The largest absolute Gasteiger partial charge is 0.326 e. The topological polar surface area (TPSA) is 95.9 Å². The van der Waals surface area contributed by atoms with E-state index in [1.807, 2.05) is 25.1 Å². The third-order valence-corrected chi connectivity index (χ3v) is 8.69. The van der Waals surface area contributed by atoms with Crippen molar-refractivity contribution in [1.82, 2.24) is 0 Å². The first kappa shape index (κ1) is 26.0. The number of amides is 2. The van der Waals surface area contributed by atoms with Crippen LogP contribution < -0.4 is 10.2 Å². The monoisotopic (exact) mass is 535 g/mol. The Kier molecular flexibility index (Phi) is 8.90. The van der Waals surface area contributed by atoms with Gasteiger partial charge in [-0.1, -0.05) is 66.7 Å². The van der Waals surface area contributed by atoms with Gasteiger partial charge in [0.05, 0.1) is 10.0 Å². The Balaban J connectivity index is 1.86. The Hall–Kier alpha value is -2.66. The quantitative estimate of drug-likeness (QED) is 0.231. The van der Waals surface area contributed by atoms with Crippen molar-refractivity contribution in [3.63, 3.8) is 0 Å². The van der Waals surface area contributed by atoms with Gasteiger partial charge in [-0.15, -0.1) is 15.7 Å². The van der Waals surface area contributed by atoms with Crippen LogP contribution in [0.2, 0.25) is 4.34 Å². The summed E-state index contributed by atoms with van der Waals surface area (Å²) in [5, 5.41) is 2.40. The summed E-state index contributed by atoms with van der Waals surface area (Å²) in [5.41, 5.74) is 2.07. The number of hydrogen-bond donors (Lipinski definition) is 1. The first-order valence-electron chi connectivity index (χ1n) is 10.1. The van der Waals surface area contributed by atoms with E-state index in [9.17, 15) is 18.0 Å². The summed E-state index contributed by atoms with van der Waals surface area (Å²) in [6.45, 7) is 3.66. The van der Waals surface area contributed by atoms with Gasteiger partial charge in [-0.05, 0) is 42.8 Å². The molecule has 1 aromatic heterocycles. The number of carbonyl (C=O) groups excluding carboxylic acids is 2. The molecule has 7 nitrogen and oxygen atoms in total. The highest BCUT2D eigenvalue weighted by atomic mass is 35.5. The lowest BCUT2D eigenvalue weighted by atomic mass is 10.2. The fourth-order valence-corrected chi connectivity index (χ4v) is 6.57. The van der Waals surface area contributed by atoms with Gasteiger partial charge >= 0.3 is 0 Å². The molecular formula is C23H22ClN3O4S3. The molecular weight excluding hydrogens is 514 g/mol. The van der Waals surface area contributed by atoms with E-state index in [1.54, 1.807) is 43.3 Å². The Morgan fingerprint density at radius 2 is 1.82 bits per heavy atom. The maximum atomic E-state index is 12.9. The highest BCUT2D eigenvalue weighted by Crippen LogP contribution is 2.30. The number of thioether (sulfide) groups is 1. The number of hydrogen-bond acceptors (Lipinski definition) is 6. The normalized spacial score (nSPS) is 12.7. The molecule has 0 spiro atoms. The van der Waals surface area contributed by atoms with Crippen LogP contribution in [0, 0.1) is 6.92 Å². The highest BCUT2D eigenvalue weighted by Gasteiger charge is 2.24. The predicted octanol–water partition coefficient (Wildman–Crippen LogP) is 5.57. The minimum atomic E-state index is -4.13. The molecule has 0 radical (unpaired) electrons. The van der Waals surface area contributed by atoms with Crippen molar-refractivity contribution in [2.75, 3.05) is 10.2 Å². The van der Waals surface area contributed by atoms with Gasteiger partial charge in [0.2, 0.25) is 12.3 Å². The number of amidine groups is 1. The maximum Gasteiger partial charge on any atom is 0.294 e. The van der Waals surface area contributed by atoms with Crippen molar-refractivity contribution < 1.29 is 18.0 Å². The van der Waals surface area contributed by atoms with E-state index < -0.39 is 15.3 Å². The lowest BCUT2D eigenvalue weighted by Gasteiger charge is -2.21. The van der Waals surface area contributed by atoms with Crippen molar-refractivity contribution in [2.45, 2.75) is 29.7 Å². The van der Waals surface area contributed by atoms with Gasteiger partial charge in [-0.3, -0.25) is 14.5 Å². The van der Waals surface area contributed by atoms with E-state index in [2.05, 4.69) is 9.71 Å². The molecule has 2 aromatic carbocycles. The van der Waals surface area contributed by atoms with Crippen LogP contribution in [0.3, 0.4) is 0 Å². The van der Waals surface area contributed by atoms with Gasteiger partial charge in [0, 0.05) is 17.4 Å². The Bertz CT molecular complexity index is 1290. The Morgan fingerprint density at radius 3 is 2.44 bits per heavy atom. The van der Waals surface area contributed by atoms with E-state index in [1.165, 1.54) is 12.1 Å². The molecule has 0 aliphatic carbocycles. The number of anilines is 2. The molecule has 0 saturated heterocycles. The minimum absolute atomic E-state index is 0.0422.